The number of rotatable bonds is 3. The molecule has 1 fully saturated rings. The quantitative estimate of drug-likeness (QED) is 0.853. The Morgan fingerprint density at radius 1 is 1.25 bits per heavy atom. The number of benzene rings is 1. The largest absolute Gasteiger partial charge is 0.317 e. The molecule has 20 heavy (non-hydrogen) atoms. The lowest BCUT2D eigenvalue weighted by atomic mass is 9.92. The fourth-order valence-corrected chi connectivity index (χ4v) is 3.97. The first-order valence-electron chi connectivity index (χ1n) is 7.71. The molecule has 4 rings (SSSR count). The Hall–Kier alpha value is -1.64. The lowest BCUT2D eigenvalue weighted by Crippen LogP contribution is -2.07. The van der Waals surface area contributed by atoms with Crippen LogP contribution in [0.5, 0.6) is 0 Å². The highest BCUT2D eigenvalue weighted by Crippen LogP contribution is 2.64. The van der Waals surface area contributed by atoms with Crippen molar-refractivity contribution in [1.29, 1.82) is 0 Å². The third-order valence-electron chi connectivity index (χ3n) is 4.84. The summed E-state index contributed by atoms with van der Waals surface area (Å²) in [4.78, 5) is 0. The third-order valence-corrected chi connectivity index (χ3v) is 4.84. The number of fused-ring (bicyclic) bond motifs is 3. The lowest BCUT2D eigenvalue weighted by Gasteiger charge is -2.13. The second-order valence-corrected chi connectivity index (χ2v) is 6.69. The van der Waals surface area contributed by atoms with Crippen LogP contribution in [0.15, 0.2) is 30.6 Å². The third kappa shape index (κ3) is 1.80. The van der Waals surface area contributed by atoms with Crippen molar-refractivity contribution in [1.82, 2.24) is 14.8 Å². The number of nitrogens with zero attached hydrogens (tertiary/aromatic N) is 3. The van der Waals surface area contributed by atoms with Crippen LogP contribution in [0, 0.1) is 11.8 Å². The Labute approximate surface area is 120 Å². The van der Waals surface area contributed by atoms with Crippen LogP contribution >= 0.6 is 0 Å². The van der Waals surface area contributed by atoms with Crippen molar-refractivity contribution < 1.29 is 0 Å². The minimum atomic E-state index is 0.597. The van der Waals surface area contributed by atoms with Gasteiger partial charge in [-0.15, -0.1) is 10.2 Å². The Balaban J connectivity index is 1.66. The normalized spacial score (nSPS) is 27.2. The standard InChI is InChI=1S/C17H21N3/c1-11(2)9-20-10-18-19-17(20)16-14-8-7-12-5-3-4-6-13(12)15(14)16/h3-6,10-11,14-16H,7-9H2,1-2H3. The Morgan fingerprint density at radius 2 is 2.10 bits per heavy atom. The zero-order valence-corrected chi connectivity index (χ0v) is 12.2. The molecule has 0 spiro atoms. The molecule has 1 saturated carbocycles. The molecule has 104 valence electrons. The van der Waals surface area contributed by atoms with Gasteiger partial charge in [-0.3, -0.25) is 0 Å². The van der Waals surface area contributed by atoms with Crippen molar-refractivity contribution in [3.05, 3.63) is 47.5 Å². The molecule has 3 atom stereocenters. The molecule has 1 aromatic carbocycles. The molecule has 2 aliphatic rings. The molecule has 0 radical (unpaired) electrons. The SMILES string of the molecule is CC(C)Cn1cnnc1C1C2CCc3ccccc3C21. The minimum absolute atomic E-state index is 0.597. The first-order chi connectivity index (χ1) is 9.75. The highest BCUT2D eigenvalue weighted by molar-refractivity contribution is 5.43. The molecule has 3 heteroatoms. The van der Waals surface area contributed by atoms with Crippen LogP contribution in [0.2, 0.25) is 0 Å². The van der Waals surface area contributed by atoms with E-state index in [9.17, 15) is 0 Å². The molecule has 0 aliphatic heterocycles. The molecule has 0 N–H and O–H groups in total. The van der Waals surface area contributed by atoms with E-state index in [1.54, 1.807) is 11.1 Å². The molecular formula is C17H21N3. The molecule has 0 bridgehead atoms. The number of hydrogen-bond acceptors (Lipinski definition) is 2. The van der Waals surface area contributed by atoms with Gasteiger partial charge in [0.1, 0.15) is 12.2 Å². The van der Waals surface area contributed by atoms with Gasteiger partial charge in [0.15, 0.2) is 0 Å². The first kappa shape index (κ1) is 12.1. The molecule has 3 nitrogen and oxygen atoms in total. The van der Waals surface area contributed by atoms with E-state index in [0.717, 1.165) is 12.5 Å². The van der Waals surface area contributed by atoms with Crippen molar-refractivity contribution in [3.8, 4) is 0 Å². The van der Waals surface area contributed by atoms with Gasteiger partial charge in [0, 0.05) is 12.5 Å². The van der Waals surface area contributed by atoms with Crippen LogP contribution in [0.1, 0.15) is 49.1 Å². The molecule has 0 saturated heterocycles. The van der Waals surface area contributed by atoms with Gasteiger partial charge < -0.3 is 4.57 Å². The van der Waals surface area contributed by atoms with E-state index in [1.165, 1.54) is 18.7 Å². The molecule has 2 aliphatic carbocycles. The lowest BCUT2D eigenvalue weighted by molar-refractivity contribution is 0.502. The second-order valence-electron chi connectivity index (χ2n) is 6.69. The summed E-state index contributed by atoms with van der Waals surface area (Å²) in [5.41, 5.74) is 3.11. The van der Waals surface area contributed by atoms with Gasteiger partial charge >= 0.3 is 0 Å². The van der Waals surface area contributed by atoms with Crippen LogP contribution in [0.3, 0.4) is 0 Å². The summed E-state index contributed by atoms with van der Waals surface area (Å²) < 4.78 is 2.27. The van der Waals surface area contributed by atoms with E-state index in [4.69, 9.17) is 0 Å². The Kier molecular flexibility index (Phi) is 2.69. The van der Waals surface area contributed by atoms with Gasteiger partial charge in [0.25, 0.3) is 0 Å². The first-order valence-corrected chi connectivity index (χ1v) is 7.71. The van der Waals surface area contributed by atoms with E-state index >= 15 is 0 Å². The molecule has 0 amide bonds. The molecule has 1 aromatic heterocycles. The van der Waals surface area contributed by atoms with Crippen LogP contribution in [0.25, 0.3) is 0 Å². The van der Waals surface area contributed by atoms with Gasteiger partial charge in [-0.25, -0.2) is 0 Å². The monoisotopic (exact) mass is 267 g/mol. The van der Waals surface area contributed by atoms with Crippen LogP contribution in [0.4, 0.5) is 0 Å². The number of aryl methyl sites for hydroxylation is 1. The number of aromatic nitrogens is 3. The Bertz CT molecular complexity index is 629. The molecule has 1 heterocycles. The summed E-state index contributed by atoms with van der Waals surface area (Å²) in [7, 11) is 0. The van der Waals surface area contributed by atoms with Gasteiger partial charge in [0.05, 0.1) is 0 Å². The summed E-state index contributed by atoms with van der Waals surface area (Å²) in [6, 6.07) is 8.95. The van der Waals surface area contributed by atoms with E-state index in [-0.39, 0.29) is 0 Å². The highest BCUT2D eigenvalue weighted by Gasteiger charge is 2.55. The summed E-state index contributed by atoms with van der Waals surface area (Å²) in [6.45, 7) is 5.53. The topological polar surface area (TPSA) is 30.7 Å². The van der Waals surface area contributed by atoms with Crippen LogP contribution in [-0.4, -0.2) is 14.8 Å². The van der Waals surface area contributed by atoms with E-state index in [2.05, 4.69) is 52.9 Å². The van der Waals surface area contributed by atoms with Crippen molar-refractivity contribution in [2.75, 3.05) is 0 Å². The maximum atomic E-state index is 4.44. The summed E-state index contributed by atoms with van der Waals surface area (Å²) in [5.74, 6) is 3.93. The molecule has 3 unspecified atom stereocenters. The predicted molar refractivity (Wildman–Crippen MR) is 78.6 cm³/mol. The second kappa shape index (κ2) is 4.44. The van der Waals surface area contributed by atoms with Gasteiger partial charge in [0.2, 0.25) is 0 Å². The minimum Gasteiger partial charge on any atom is -0.317 e. The zero-order chi connectivity index (χ0) is 13.7. The van der Waals surface area contributed by atoms with Crippen molar-refractivity contribution in [3.63, 3.8) is 0 Å². The molecular weight excluding hydrogens is 246 g/mol. The average Bonchev–Trinajstić information content (AvgIpc) is 3.02. The smallest absolute Gasteiger partial charge is 0.136 e. The predicted octanol–water partition coefficient (Wildman–Crippen LogP) is 3.38. The van der Waals surface area contributed by atoms with E-state index < -0.39 is 0 Å². The number of hydrogen-bond donors (Lipinski definition) is 0. The summed E-state index contributed by atoms with van der Waals surface area (Å²) in [5, 5.41) is 8.60. The van der Waals surface area contributed by atoms with Crippen LogP contribution < -0.4 is 0 Å². The Morgan fingerprint density at radius 3 is 2.95 bits per heavy atom. The highest BCUT2D eigenvalue weighted by atomic mass is 15.3. The van der Waals surface area contributed by atoms with Crippen molar-refractivity contribution >= 4 is 0 Å². The molecule has 2 aromatic rings. The van der Waals surface area contributed by atoms with Gasteiger partial charge in [-0.05, 0) is 41.7 Å². The fourth-order valence-electron chi connectivity index (χ4n) is 3.97. The summed E-state index contributed by atoms with van der Waals surface area (Å²) >= 11 is 0. The maximum Gasteiger partial charge on any atom is 0.136 e. The van der Waals surface area contributed by atoms with Gasteiger partial charge in [-0.2, -0.15) is 0 Å². The average molecular weight is 267 g/mol. The van der Waals surface area contributed by atoms with Gasteiger partial charge in [-0.1, -0.05) is 38.1 Å². The summed E-state index contributed by atoms with van der Waals surface area (Å²) in [6.07, 6.45) is 4.44. The van der Waals surface area contributed by atoms with Crippen molar-refractivity contribution in [2.24, 2.45) is 11.8 Å². The van der Waals surface area contributed by atoms with E-state index in [0.29, 0.717) is 17.8 Å². The zero-order valence-electron chi connectivity index (χ0n) is 12.2. The maximum absolute atomic E-state index is 4.44. The van der Waals surface area contributed by atoms with Crippen molar-refractivity contribution in [2.45, 2.75) is 45.1 Å². The fraction of sp³-hybridized carbons (Fsp3) is 0.529. The van der Waals surface area contributed by atoms with Crippen LogP contribution in [-0.2, 0) is 13.0 Å². The van der Waals surface area contributed by atoms with E-state index in [1.807, 2.05) is 6.33 Å².